The van der Waals surface area contributed by atoms with Crippen molar-refractivity contribution in [3.63, 3.8) is 0 Å². The van der Waals surface area contributed by atoms with E-state index in [1.54, 1.807) is 0 Å². The molecular formula is C12H17ClN6O2. The molecule has 1 aromatic rings. The Morgan fingerprint density at radius 1 is 1.29 bits per heavy atom. The van der Waals surface area contributed by atoms with Crippen molar-refractivity contribution in [2.24, 2.45) is 0 Å². The van der Waals surface area contributed by atoms with Crippen LogP contribution in [0.2, 0.25) is 5.28 Å². The van der Waals surface area contributed by atoms with Crippen molar-refractivity contribution in [1.82, 2.24) is 20.3 Å². The van der Waals surface area contributed by atoms with Gasteiger partial charge in [-0.1, -0.05) is 0 Å². The first-order valence-electron chi connectivity index (χ1n) is 6.98. The second kappa shape index (κ2) is 6.40. The van der Waals surface area contributed by atoms with Gasteiger partial charge in [-0.15, -0.1) is 0 Å². The average Bonchev–Trinajstić information content (AvgIpc) is 2.50. The maximum Gasteiger partial charge on any atom is 0.231 e. The summed E-state index contributed by atoms with van der Waals surface area (Å²) in [6.07, 6.45) is 1.26. The normalized spacial score (nSPS) is 22.8. The molecule has 8 nitrogen and oxygen atoms in total. The van der Waals surface area contributed by atoms with Crippen LogP contribution in [-0.4, -0.2) is 59.7 Å². The number of amides is 1. The number of carbonyl (C=O) groups excluding carboxylic acids is 1. The number of anilines is 2. The predicted molar refractivity (Wildman–Crippen MR) is 77.5 cm³/mol. The second-order valence-corrected chi connectivity index (χ2v) is 5.35. The number of morpholine rings is 1. The Bertz CT molecular complexity index is 512. The van der Waals surface area contributed by atoms with E-state index in [0.29, 0.717) is 38.1 Å². The first-order valence-corrected chi connectivity index (χ1v) is 7.36. The molecule has 1 atom stereocenters. The summed E-state index contributed by atoms with van der Waals surface area (Å²) in [6.45, 7) is 3.34. The molecule has 0 bridgehead atoms. The van der Waals surface area contributed by atoms with E-state index < -0.39 is 0 Å². The lowest BCUT2D eigenvalue weighted by molar-refractivity contribution is -0.122. The SMILES string of the molecule is O=C1CCC(Nc2nc(Cl)nc(N3CCOCC3)n2)CN1. The molecule has 3 heterocycles. The zero-order chi connectivity index (χ0) is 14.7. The third kappa shape index (κ3) is 3.70. The van der Waals surface area contributed by atoms with Crippen molar-refractivity contribution in [2.75, 3.05) is 43.1 Å². The van der Waals surface area contributed by atoms with E-state index in [1.807, 2.05) is 4.90 Å². The number of halogens is 1. The van der Waals surface area contributed by atoms with Gasteiger partial charge in [0.1, 0.15) is 0 Å². The molecule has 3 rings (SSSR count). The van der Waals surface area contributed by atoms with Crippen molar-refractivity contribution in [1.29, 1.82) is 0 Å². The zero-order valence-electron chi connectivity index (χ0n) is 11.5. The van der Waals surface area contributed by atoms with Crippen LogP contribution in [0.4, 0.5) is 11.9 Å². The minimum atomic E-state index is 0.0794. The summed E-state index contributed by atoms with van der Waals surface area (Å²) in [7, 11) is 0. The van der Waals surface area contributed by atoms with Gasteiger partial charge in [0, 0.05) is 32.1 Å². The highest BCUT2D eigenvalue weighted by molar-refractivity contribution is 6.28. The van der Waals surface area contributed by atoms with Gasteiger partial charge in [-0.25, -0.2) is 0 Å². The summed E-state index contributed by atoms with van der Waals surface area (Å²) in [5.74, 6) is 1.08. The summed E-state index contributed by atoms with van der Waals surface area (Å²) < 4.78 is 5.31. The lowest BCUT2D eigenvalue weighted by Crippen LogP contribution is -2.42. The third-order valence-corrected chi connectivity index (χ3v) is 3.66. The fourth-order valence-corrected chi connectivity index (χ4v) is 2.50. The summed E-state index contributed by atoms with van der Waals surface area (Å²) in [5.41, 5.74) is 0. The molecule has 9 heteroatoms. The lowest BCUT2D eigenvalue weighted by atomic mass is 10.1. The number of aromatic nitrogens is 3. The Morgan fingerprint density at radius 2 is 2.10 bits per heavy atom. The Kier molecular flexibility index (Phi) is 4.35. The Morgan fingerprint density at radius 3 is 2.81 bits per heavy atom. The number of hydrogen-bond donors (Lipinski definition) is 2. The smallest absolute Gasteiger partial charge is 0.231 e. The van der Waals surface area contributed by atoms with Crippen molar-refractivity contribution in [3.8, 4) is 0 Å². The molecule has 1 amide bonds. The number of hydrogen-bond acceptors (Lipinski definition) is 7. The van der Waals surface area contributed by atoms with Crippen LogP contribution in [0.1, 0.15) is 12.8 Å². The van der Waals surface area contributed by atoms with Gasteiger partial charge in [0.25, 0.3) is 0 Å². The molecule has 0 aliphatic carbocycles. The van der Waals surface area contributed by atoms with E-state index in [4.69, 9.17) is 16.3 Å². The number of nitrogens with one attached hydrogen (secondary N) is 2. The Labute approximate surface area is 127 Å². The molecule has 114 valence electrons. The van der Waals surface area contributed by atoms with Gasteiger partial charge < -0.3 is 20.3 Å². The van der Waals surface area contributed by atoms with E-state index in [0.717, 1.165) is 19.5 Å². The molecule has 1 aromatic heterocycles. The molecule has 0 saturated carbocycles. The van der Waals surface area contributed by atoms with Gasteiger partial charge in [-0.2, -0.15) is 15.0 Å². The molecule has 2 aliphatic rings. The number of piperidine rings is 1. The van der Waals surface area contributed by atoms with E-state index in [9.17, 15) is 4.79 Å². The van der Waals surface area contributed by atoms with Crippen LogP contribution < -0.4 is 15.5 Å². The van der Waals surface area contributed by atoms with Gasteiger partial charge in [0.15, 0.2) is 0 Å². The molecule has 21 heavy (non-hydrogen) atoms. The van der Waals surface area contributed by atoms with Crippen molar-refractivity contribution < 1.29 is 9.53 Å². The summed E-state index contributed by atoms with van der Waals surface area (Å²) in [6, 6.07) is 0.110. The van der Waals surface area contributed by atoms with Gasteiger partial charge in [-0.3, -0.25) is 4.79 Å². The van der Waals surface area contributed by atoms with Crippen LogP contribution in [-0.2, 0) is 9.53 Å². The first-order chi connectivity index (χ1) is 10.2. The minimum absolute atomic E-state index is 0.0794. The topological polar surface area (TPSA) is 92.3 Å². The van der Waals surface area contributed by atoms with Crippen LogP contribution >= 0.6 is 11.6 Å². The standard InChI is InChI=1S/C12H17ClN6O2/c13-10-16-11(15-8-1-2-9(20)14-7-8)18-12(17-10)19-3-5-21-6-4-19/h8H,1-7H2,(H,14,20)(H,15,16,17,18). The maximum atomic E-state index is 11.2. The molecule has 2 N–H and O–H groups in total. The highest BCUT2D eigenvalue weighted by Crippen LogP contribution is 2.16. The van der Waals surface area contributed by atoms with E-state index in [-0.39, 0.29) is 17.2 Å². The number of carbonyl (C=O) groups is 1. The van der Waals surface area contributed by atoms with Crippen LogP contribution in [0.15, 0.2) is 0 Å². The first kappa shape index (κ1) is 14.3. The Balaban J connectivity index is 1.70. The molecule has 1 unspecified atom stereocenters. The number of rotatable bonds is 3. The van der Waals surface area contributed by atoms with Gasteiger partial charge >= 0.3 is 0 Å². The van der Waals surface area contributed by atoms with Crippen LogP contribution in [0.5, 0.6) is 0 Å². The zero-order valence-corrected chi connectivity index (χ0v) is 12.3. The van der Waals surface area contributed by atoms with Crippen LogP contribution in [0, 0.1) is 0 Å². The third-order valence-electron chi connectivity index (χ3n) is 3.49. The monoisotopic (exact) mass is 312 g/mol. The lowest BCUT2D eigenvalue weighted by Gasteiger charge is -2.27. The average molecular weight is 313 g/mol. The van der Waals surface area contributed by atoms with Crippen LogP contribution in [0.25, 0.3) is 0 Å². The number of ether oxygens (including phenoxy) is 1. The maximum absolute atomic E-state index is 11.2. The second-order valence-electron chi connectivity index (χ2n) is 5.01. The quantitative estimate of drug-likeness (QED) is 0.815. The molecule has 0 aromatic carbocycles. The molecule has 2 fully saturated rings. The summed E-state index contributed by atoms with van der Waals surface area (Å²) in [4.78, 5) is 25.9. The Hall–Kier alpha value is -1.67. The fourth-order valence-electron chi connectivity index (χ4n) is 2.35. The van der Waals surface area contributed by atoms with Crippen molar-refractivity contribution in [2.45, 2.75) is 18.9 Å². The van der Waals surface area contributed by atoms with Crippen LogP contribution in [0.3, 0.4) is 0 Å². The van der Waals surface area contributed by atoms with Crippen molar-refractivity contribution in [3.05, 3.63) is 5.28 Å². The van der Waals surface area contributed by atoms with Gasteiger partial charge in [0.2, 0.25) is 23.1 Å². The summed E-state index contributed by atoms with van der Waals surface area (Å²) in [5, 5.41) is 6.18. The predicted octanol–water partition coefficient (Wildman–Crippen LogP) is 0.0521. The molecule has 0 spiro atoms. The highest BCUT2D eigenvalue weighted by atomic mass is 35.5. The molecule has 2 aliphatic heterocycles. The molecule has 2 saturated heterocycles. The van der Waals surface area contributed by atoms with Gasteiger partial charge in [0.05, 0.1) is 13.2 Å². The van der Waals surface area contributed by atoms with E-state index in [1.165, 1.54) is 0 Å². The molecule has 0 radical (unpaired) electrons. The van der Waals surface area contributed by atoms with E-state index in [2.05, 4.69) is 25.6 Å². The largest absolute Gasteiger partial charge is 0.378 e. The minimum Gasteiger partial charge on any atom is -0.378 e. The fraction of sp³-hybridized carbons (Fsp3) is 0.667. The number of nitrogens with zero attached hydrogens (tertiary/aromatic N) is 4. The highest BCUT2D eigenvalue weighted by Gasteiger charge is 2.20. The van der Waals surface area contributed by atoms with Crippen molar-refractivity contribution >= 4 is 29.4 Å². The van der Waals surface area contributed by atoms with Gasteiger partial charge in [-0.05, 0) is 18.0 Å². The molecular weight excluding hydrogens is 296 g/mol. The summed E-state index contributed by atoms with van der Waals surface area (Å²) >= 11 is 5.98. The van der Waals surface area contributed by atoms with E-state index >= 15 is 0 Å².